The SMILES string of the molecule is O=C1CCC(NCC2CSc3ccccc32)CN1. The summed E-state index contributed by atoms with van der Waals surface area (Å²) in [6.45, 7) is 1.80. The molecule has 2 aliphatic heterocycles. The van der Waals surface area contributed by atoms with Gasteiger partial charge in [-0.1, -0.05) is 18.2 Å². The zero-order valence-corrected chi connectivity index (χ0v) is 11.1. The smallest absolute Gasteiger partial charge is 0.220 e. The topological polar surface area (TPSA) is 41.1 Å². The molecule has 96 valence electrons. The Hall–Kier alpha value is -1.00. The van der Waals surface area contributed by atoms with Crippen molar-refractivity contribution in [1.29, 1.82) is 0 Å². The van der Waals surface area contributed by atoms with Crippen LogP contribution >= 0.6 is 11.8 Å². The number of thioether (sulfide) groups is 1. The van der Waals surface area contributed by atoms with Crippen LogP contribution in [0.1, 0.15) is 24.3 Å². The van der Waals surface area contributed by atoms with E-state index >= 15 is 0 Å². The molecule has 0 radical (unpaired) electrons. The highest BCUT2D eigenvalue weighted by molar-refractivity contribution is 7.99. The molecule has 3 nitrogen and oxygen atoms in total. The molecule has 0 aromatic heterocycles. The van der Waals surface area contributed by atoms with Gasteiger partial charge in [0.2, 0.25) is 5.91 Å². The minimum atomic E-state index is 0.190. The van der Waals surface area contributed by atoms with Crippen LogP contribution in [0.2, 0.25) is 0 Å². The zero-order chi connectivity index (χ0) is 12.4. The summed E-state index contributed by atoms with van der Waals surface area (Å²) in [6, 6.07) is 9.13. The molecule has 18 heavy (non-hydrogen) atoms. The van der Waals surface area contributed by atoms with Gasteiger partial charge >= 0.3 is 0 Å². The summed E-state index contributed by atoms with van der Waals surface area (Å²) in [5.41, 5.74) is 1.48. The van der Waals surface area contributed by atoms with E-state index in [-0.39, 0.29) is 5.91 Å². The minimum absolute atomic E-state index is 0.190. The van der Waals surface area contributed by atoms with E-state index in [2.05, 4.69) is 34.9 Å². The third kappa shape index (κ3) is 2.54. The molecule has 0 saturated carbocycles. The van der Waals surface area contributed by atoms with Gasteiger partial charge in [-0.2, -0.15) is 0 Å². The van der Waals surface area contributed by atoms with Crippen molar-refractivity contribution in [2.75, 3.05) is 18.8 Å². The van der Waals surface area contributed by atoms with Crippen LogP contribution in [0, 0.1) is 0 Å². The molecule has 2 N–H and O–H groups in total. The average Bonchev–Trinajstić information content (AvgIpc) is 2.82. The maximum absolute atomic E-state index is 11.1. The molecule has 2 unspecified atom stereocenters. The standard InChI is InChI=1S/C14H18N2OS/c17-14-6-5-11(8-16-14)15-7-10-9-18-13-4-2-1-3-12(10)13/h1-4,10-11,15H,5-9H2,(H,16,17). The predicted octanol–water partition coefficient (Wildman–Crippen LogP) is 1.74. The molecule has 1 fully saturated rings. The Bertz CT molecular complexity index is 439. The first kappa shape index (κ1) is 12.1. The Morgan fingerprint density at radius 2 is 2.28 bits per heavy atom. The quantitative estimate of drug-likeness (QED) is 0.872. The Morgan fingerprint density at radius 1 is 1.39 bits per heavy atom. The molecule has 4 heteroatoms. The van der Waals surface area contributed by atoms with E-state index < -0.39 is 0 Å². The third-order valence-electron chi connectivity index (χ3n) is 3.72. The Morgan fingerprint density at radius 3 is 3.11 bits per heavy atom. The lowest BCUT2D eigenvalue weighted by atomic mass is 10.00. The second kappa shape index (κ2) is 5.33. The number of rotatable bonds is 3. The number of piperidine rings is 1. The third-order valence-corrected chi connectivity index (χ3v) is 4.97. The van der Waals surface area contributed by atoms with Gasteiger partial charge in [0.15, 0.2) is 0 Å². The molecule has 1 aromatic carbocycles. The van der Waals surface area contributed by atoms with Crippen LogP contribution in [0.15, 0.2) is 29.2 Å². The van der Waals surface area contributed by atoms with Gasteiger partial charge in [0, 0.05) is 42.1 Å². The minimum Gasteiger partial charge on any atom is -0.355 e. The van der Waals surface area contributed by atoms with E-state index in [0.717, 1.165) is 19.5 Å². The maximum Gasteiger partial charge on any atom is 0.220 e. The zero-order valence-electron chi connectivity index (χ0n) is 10.3. The van der Waals surface area contributed by atoms with Gasteiger partial charge in [-0.15, -0.1) is 11.8 Å². The Labute approximate surface area is 112 Å². The van der Waals surface area contributed by atoms with E-state index in [9.17, 15) is 4.79 Å². The number of hydrogen-bond acceptors (Lipinski definition) is 3. The van der Waals surface area contributed by atoms with Gasteiger partial charge in [-0.05, 0) is 18.1 Å². The van der Waals surface area contributed by atoms with Crippen LogP contribution in [0.5, 0.6) is 0 Å². The summed E-state index contributed by atoms with van der Waals surface area (Å²) in [5.74, 6) is 1.98. The molecule has 3 rings (SSSR count). The molecule has 2 aliphatic rings. The van der Waals surface area contributed by atoms with E-state index in [1.54, 1.807) is 0 Å². The largest absolute Gasteiger partial charge is 0.355 e. The summed E-state index contributed by atoms with van der Waals surface area (Å²) in [7, 11) is 0. The van der Waals surface area contributed by atoms with E-state index in [0.29, 0.717) is 18.4 Å². The van der Waals surface area contributed by atoms with Crippen molar-refractivity contribution in [1.82, 2.24) is 10.6 Å². The molecule has 1 saturated heterocycles. The van der Waals surface area contributed by atoms with Crippen LogP contribution in [-0.4, -0.2) is 30.8 Å². The molecule has 2 atom stereocenters. The molecule has 0 bridgehead atoms. The monoisotopic (exact) mass is 262 g/mol. The van der Waals surface area contributed by atoms with Gasteiger partial charge in [0.05, 0.1) is 0 Å². The highest BCUT2D eigenvalue weighted by Gasteiger charge is 2.24. The van der Waals surface area contributed by atoms with E-state index in [4.69, 9.17) is 0 Å². The normalized spacial score (nSPS) is 26.8. The highest BCUT2D eigenvalue weighted by Crippen LogP contribution is 2.38. The fourth-order valence-electron chi connectivity index (χ4n) is 2.61. The second-order valence-corrected chi connectivity index (χ2v) is 6.06. The first-order valence-electron chi connectivity index (χ1n) is 6.55. The maximum atomic E-state index is 11.1. The van der Waals surface area contributed by atoms with Gasteiger partial charge in [-0.25, -0.2) is 0 Å². The van der Waals surface area contributed by atoms with Gasteiger partial charge in [0.25, 0.3) is 0 Å². The lowest BCUT2D eigenvalue weighted by Crippen LogP contribution is -2.46. The highest BCUT2D eigenvalue weighted by atomic mass is 32.2. The second-order valence-electron chi connectivity index (χ2n) is 4.99. The Kier molecular flexibility index (Phi) is 3.57. The van der Waals surface area contributed by atoms with Crippen LogP contribution in [0.3, 0.4) is 0 Å². The lowest BCUT2D eigenvalue weighted by Gasteiger charge is -2.25. The van der Waals surface area contributed by atoms with Crippen LogP contribution in [0.4, 0.5) is 0 Å². The summed E-state index contributed by atoms with van der Waals surface area (Å²) < 4.78 is 0. The fraction of sp³-hybridized carbons (Fsp3) is 0.500. The summed E-state index contributed by atoms with van der Waals surface area (Å²) in [5, 5.41) is 6.52. The average molecular weight is 262 g/mol. The molecule has 0 aliphatic carbocycles. The van der Waals surface area contributed by atoms with Crippen LogP contribution in [-0.2, 0) is 4.79 Å². The summed E-state index contributed by atoms with van der Waals surface area (Å²) >= 11 is 1.95. The van der Waals surface area contributed by atoms with Crippen molar-refractivity contribution in [3.05, 3.63) is 29.8 Å². The fourth-order valence-corrected chi connectivity index (χ4v) is 3.87. The number of nitrogens with one attached hydrogen (secondary N) is 2. The van der Waals surface area contributed by atoms with E-state index in [1.165, 1.54) is 16.2 Å². The van der Waals surface area contributed by atoms with Gasteiger partial charge in [0.1, 0.15) is 0 Å². The number of carbonyl (C=O) groups is 1. The number of fused-ring (bicyclic) bond motifs is 1. The molecular formula is C14H18N2OS. The number of hydrogen-bond donors (Lipinski definition) is 2. The predicted molar refractivity (Wildman–Crippen MR) is 73.9 cm³/mol. The van der Waals surface area contributed by atoms with Gasteiger partial charge in [-0.3, -0.25) is 4.79 Å². The van der Waals surface area contributed by atoms with Crippen molar-refractivity contribution in [2.24, 2.45) is 0 Å². The first-order chi connectivity index (χ1) is 8.83. The van der Waals surface area contributed by atoms with Crippen molar-refractivity contribution in [2.45, 2.75) is 29.7 Å². The molecule has 1 aromatic rings. The van der Waals surface area contributed by atoms with Crippen molar-refractivity contribution >= 4 is 17.7 Å². The molecule has 1 amide bonds. The molecular weight excluding hydrogens is 244 g/mol. The van der Waals surface area contributed by atoms with E-state index in [1.807, 2.05) is 11.8 Å². The number of benzene rings is 1. The summed E-state index contributed by atoms with van der Waals surface area (Å²) in [6.07, 6.45) is 1.63. The Balaban J connectivity index is 1.54. The van der Waals surface area contributed by atoms with Crippen LogP contribution < -0.4 is 10.6 Å². The summed E-state index contributed by atoms with van der Waals surface area (Å²) in [4.78, 5) is 12.5. The van der Waals surface area contributed by atoms with Crippen molar-refractivity contribution < 1.29 is 4.79 Å². The van der Waals surface area contributed by atoms with Crippen molar-refractivity contribution in [3.8, 4) is 0 Å². The van der Waals surface area contributed by atoms with Gasteiger partial charge < -0.3 is 10.6 Å². The van der Waals surface area contributed by atoms with Crippen LogP contribution in [0.25, 0.3) is 0 Å². The number of amides is 1. The lowest BCUT2D eigenvalue weighted by molar-refractivity contribution is -0.122. The molecule has 0 spiro atoms. The number of carbonyl (C=O) groups excluding carboxylic acids is 1. The first-order valence-corrected chi connectivity index (χ1v) is 7.53. The molecule has 2 heterocycles. The van der Waals surface area contributed by atoms with Crippen molar-refractivity contribution in [3.63, 3.8) is 0 Å².